The number of rotatable bonds is 5. The summed E-state index contributed by atoms with van der Waals surface area (Å²) in [5.41, 5.74) is 0.226. The molecule has 1 aliphatic heterocycles. The quantitative estimate of drug-likeness (QED) is 0.863. The van der Waals surface area contributed by atoms with Gasteiger partial charge >= 0.3 is 0 Å². The van der Waals surface area contributed by atoms with E-state index in [-0.39, 0.29) is 17.6 Å². The molecule has 1 aliphatic carbocycles. The van der Waals surface area contributed by atoms with Gasteiger partial charge in [-0.3, -0.25) is 0 Å². The number of halogens is 2. The molecule has 3 unspecified atom stereocenters. The van der Waals surface area contributed by atoms with E-state index in [1.165, 1.54) is 6.07 Å². The third-order valence-electron chi connectivity index (χ3n) is 5.66. The molecule has 0 aromatic heterocycles. The van der Waals surface area contributed by atoms with Crippen LogP contribution in [0.2, 0.25) is 0 Å². The molecule has 1 saturated heterocycles. The molecule has 134 valence electrons. The number of hydrogen-bond donors (Lipinski definition) is 2. The molecule has 2 aliphatic rings. The van der Waals surface area contributed by atoms with E-state index in [9.17, 15) is 19.0 Å². The van der Waals surface area contributed by atoms with Gasteiger partial charge in [-0.05, 0) is 50.6 Å². The van der Waals surface area contributed by atoms with E-state index in [4.69, 9.17) is 4.74 Å². The molecule has 3 rings (SSSR count). The third-order valence-corrected chi connectivity index (χ3v) is 5.66. The molecule has 0 bridgehead atoms. The summed E-state index contributed by atoms with van der Waals surface area (Å²) in [5, 5.41) is 20.5. The van der Waals surface area contributed by atoms with Gasteiger partial charge in [-0.15, -0.1) is 0 Å². The fraction of sp³-hybridized carbons (Fsp3) is 0.667. The fourth-order valence-corrected chi connectivity index (χ4v) is 4.04. The van der Waals surface area contributed by atoms with E-state index in [0.29, 0.717) is 25.1 Å². The van der Waals surface area contributed by atoms with E-state index in [1.54, 1.807) is 0 Å². The average Bonchev–Trinajstić information content (AvgIpc) is 2.58. The van der Waals surface area contributed by atoms with Crippen molar-refractivity contribution in [2.24, 2.45) is 5.41 Å². The van der Waals surface area contributed by atoms with Gasteiger partial charge < -0.3 is 19.8 Å². The molecule has 1 aromatic carbocycles. The molecule has 4 nitrogen and oxygen atoms in total. The summed E-state index contributed by atoms with van der Waals surface area (Å²) >= 11 is 0. The third kappa shape index (κ3) is 3.20. The Morgan fingerprint density at radius 1 is 1.29 bits per heavy atom. The monoisotopic (exact) mass is 341 g/mol. The first-order chi connectivity index (χ1) is 11.5. The molecular formula is C18H25F2NO3. The maximum atomic E-state index is 13.3. The molecule has 1 saturated carbocycles. The molecule has 2 fully saturated rings. The summed E-state index contributed by atoms with van der Waals surface area (Å²) in [7, 11) is 0. The van der Waals surface area contributed by atoms with Crippen molar-refractivity contribution in [1.29, 1.82) is 0 Å². The lowest BCUT2D eigenvalue weighted by molar-refractivity contribution is -0.210. The van der Waals surface area contributed by atoms with Crippen molar-refractivity contribution < 1.29 is 23.7 Å². The van der Waals surface area contributed by atoms with Gasteiger partial charge in [0, 0.05) is 25.0 Å². The molecule has 1 aromatic rings. The van der Waals surface area contributed by atoms with Crippen molar-refractivity contribution in [2.75, 3.05) is 26.2 Å². The summed E-state index contributed by atoms with van der Waals surface area (Å²) in [6, 6.07) is 3.50. The van der Waals surface area contributed by atoms with E-state index in [0.717, 1.165) is 38.1 Å². The Kier molecular flexibility index (Phi) is 5.20. The van der Waals surface area contributed by atoms with Crippen molar-refractivity contribution in [3.63, 3.8) is 0 Å². The molecule has 3 atom stereocenters. The van der Waals surface area contributed by atoms with Crippen LogP contribution < -0.4 is 0 Å². The zero-order chi connectivity index (χ0) is 17.3. The van der Waals surface area contributed by atoms with Gasteiger partial charge in [-0.25, -0.2) is 8.78 Å². The number of hydrogen-bond acceptors (Lipinski definition) is 4. The second-order valence-corrected chi connectivity index (χ2v) is 6.92. The summed E-state index contributed by atoms with van der Waals surface area (Å²) in [5.74, 6) is -1.85. The lowest BCUT2D eigenvalue weighted by Gasteiger charge is -2.56. The van der Waals surface area contributed by atoms with Crippen molar-refractivity contribution in [3.8, 4) is 0 Å². The first-order valence-corrected chi connectivity index (χ1v) is 8.61. The van der Waals surface area contributed by atoms with Crippen LogP contribution in [0.5, 0.6) is 0 Å². The highest BCUT2D eigenvalue weighted by Gasteiger charge is 2.55. The van der Waals surface area contributed by atoms with Crippen molar-refractivity contribution in [1.82, 2.24) is 4.90 Å². The standard InChI is InChI=1S/C18H25F2NO3/c1-2-24-17-10-16(23)18(17)5-7-21(8-6-18)11-15(22)12-3-4-13(19)14(20)9-12/h3-4,9,15-17,22-23H,2,5-8,10-11H2,1H3. The van der Waals surface area contributed by atoms with Crippen LogP contribution in [0, 0.1) is 17.0 Å². The smallest absolute Gasteiger partial charge is 0.159 e. The number of β-amino-alcohol motifs (C(OH)–C–C–N with tert-alkyl or cyclic N) is 1. The van der Waals surface area contributed by atoms with Crippen LogP contribution in [0.25, 0.3) is 0 Å². The number of likely N-dealkylation sites (tertiary alicyclic amines) is 1. The predicted octanol–water partition coefficient (Wildman–Crippen LogP) is 2.25. The highest BCUT2D eigenvalue weighted by Crippen LogP contribution is 2.51. The van der Waals surface area contributed by atoms with Crippen molar-refractivity contribution in [2.45, 2.75) is 44.5 Å². The first kappa shape index (κ1) is 17.7. The minimum atomic E-state index is -0.943. The van der Waals surface area contributed by atoms with Gasteiger partial charge in [0.2, 0.25) is 0 Å². The van der Waals surface area contributed by atoms with Gasteiger partial charge in [-0.1, -0.05) is 6.07 Å². The van der Waals surface area contributed by atoms with Crippen LogP contribution in [0.3, 0.4) is 0 Å². The molecule has 0 amide bonds. The summed E-state index contributed by atoms with van der Waals surface area (Å²) in [4.78, 5) is 2.10. The van der Waals surface area contributed by atoms with Crippen molar-refractivity contribution >= 4 is 0 Å². The SMILES string of the molecule is CCOC1CC(O)C12CCN(CC(O)c1ccc(F)c(F)c1)CC2. The molecular weight excluding hydrogens is 316 g/mol. The number of aliphatic hydroxyl groups excluding tert-OH is 2. The molecule has 6 heteroatoms. The van der Waals surface area contributed by atoms with E-state index in [1.807, 2.05) is 6.92 Å². The van der Waals surface area contributed by atoms with Gasteiger partial charge in [0.25, 0.3) is 0 Å². The van der Waals surface area contributed by atoms with E-state index >= 15 is 0 Å². The Hall–Kier alpha value is -1.08. The number of aliphatic hydroxyl groups is 2. The molecule has 1 heterocycles. The second kappa shape index (κ2) is 7.04. The van der Waals surface area contributed by atoms with Crippen LogP contribution in [0.1, 0.15) is 37.9 Å². The highest BCUT2D eigenvalue weighted by atomic mass is 19.2. The molecule has 0 radical (unpaired) electrons. The number of nitrogens with zero attached hydrogens (tertiary/aromatic N) is 1. The topological polar surface area (TPSA) is 52.9 Å². The fourth-order valence-electron chi connectivity index (χ4n) is 4.04. The van der Waals surface area contributed by atoms with Gasteiger partial charge in [0.1, 0.15) is 0 Å². The molecule has 24 heavy (non-hydrogen) atoms. The van der Waals surface area contributed by atoms with Gasteiger partial charge in [0.05, 0.1) is 18.3 Å². The zero-order valence-electron chi connectivity index (χ0n) is 13.9. The maximum Gasteiger partial charge on any atom is 0.159 e. The Balaban J connectivity index is 1.56. The Bertz CT molecular complexity index is 573. The number of ether oxygens (including phenoxy) is 1. The summed E-state index contributed by atoms with van der Waals surface area (Å²) in [6.45, 7) is 4.49. The second-order valence-electron chi connectivity index (χ2n) is 6.92. The van der Waals surface area contributed by atoms with Gasteiger partial charge in [0.15, 0.2) is 11.6 Å². The molecule has 2 N–H and O–H groups in total. The largest absolute Gasteiger partial charge is 0.392 e. The van der Waals surface area contributed by atoms with Crippen LogP contribution in [0.4, 0.5) is 8.78 Å². The normalized spacial score (nSPS) is 27.9. The van der Waals surface area contributed by atoms with Crippen molar-refractivity contribution in [3.05, 3.63) is 35.4 Å². The average molecular weight is 341 g/mol. The zero-order valence-corrected chi connectivity index (χ0v) is 13.9. The Morgan fingerprint density at radius 2 is 2.00 bits per heavy atom. The highest BCUT2D eigenvalue weighted by molar-refractivity contribution is 5.20. The predicted molar refractivity (Wildman–Crippen MR) is 85.5 cm³/mol. The molecule has 1 spiro atoms. The van der Waals surface area contributed by atoms with E-state index < -0.39 is 17.7 Å². The van der Waals surface area contributed by atoms with Crippen LogP contribution in [-0.2, 0) is 4.74 Å². The van der Waals surface area contributed by atoms with E-state index in [2.05, 4.69) is 4.90 Å². The lowest BCUT2D eigenvalue weighted by atomic mass is 9.58. The first-order valence-electron chi connectivity index (χ1n) is 8.61. The minimum Gasteiger partial charge on any atom is -0.392 e. The lowest BCUT2D eigenvalue weighted by Crippen LogP contribution is -2.62. The Labute approximate surface area is 141 Å². The number of benzene rings is 1. The summed E-state index contributed by atoms with van der Waals surface area (Å²) < 4.78 is 32.0. The van der Waals surface area contributed by atoms with Crippen LogP contribution >= 0.6 is 0 Å². The Morgan fingerprint density at radius 3 is 2.58 bits per heavy atom. The summed E-state index contributed by atoms with van der Waals surface area (Å²) in [6.07, 6.45) is 1.30. The van der Waals surface area contributed by atoms with Crippen LogP contribution in [0.15, 0.2) is 18.2 Å². The van der Waals surface area contributed by atoms with Gasteiger partial charge in [-0.2, -0.15) is 0 Å². The van der Waals surface area contributed by atoms with Crippen LogP contribution in [-0.4, -0.2) is 53.6 Å². The maximum absolute atomic E-state index is 13.3. The minimum absolute atomic E-state index is 0.121. The number of piperidine rings is 1.